The van der Waals surface area contributed by atoms with Gasteiger partial charge in [-0.1, -0.05) is 18.2 Å². The highest BCUT2D eigenvalue weighted by Crippen LogP contribution is 2.17. The molecule has 0 radical (unpaired) electrons. The first-order chi connectivity index (χ1) is 10.2. The van der Waals surface area contributed by atoms with Crippen LogP contribution in [0.25, 0.3) is 0 Å². The van der Waals surface area contributed by atoms with Crippen LogP contribution in [0.2, 0.25) is 0 Å². The fourth-order valence-electron chi connectivity index (χ4n) is 2.08. The molecule has 2 aromatic rings. The number of hydrogen-bond donors (Lipinski definition) is 0. The van der Waals surface area contributed by atoms with Crippen LogP contribution in [0.15, 0.2) is 41.8 Å². The average Bonchev–Trinajstić information content (AvgIpc) is 2.99. The van der Waals surface area contributed by atoms with Crippen molar-refractivity contribution in [2.24, 2.45) is 0 Å². The summed E-state index contributed by atoms with van der Waals surface area (Å²) < 4.78 is 5.77. The quantitative estimate of drug-likeness (QED) is 0.778. The van der Waals surface area contributed by atoms with Crippen LogP contribution in [-0.4, -0.2) is 24.1 Å². The molecule has 2 rings (SSSR count). The van der Waals surface area contributed by atoms with Gasteiger partial charge in [0.2, 0.25) is 0 Å². The Labute approximate surface area is 130 Å². The van der Waals surface area contributed by atoms with Gasteiger partial charge in [0.15, 0.2) is 0 Å². The van der Waals surface area contributed by atoms with E-state index < -0.39 is 0 Å². The second-order valence-corrected chi connectivity index (χ2v) is 6.13. The molecule has 1 heterocycles. The molecule has 1 aromatic carbocycles. The van der Waals surface area contributed by atoms with Crippen LogP contribution in [0.1, 0.15) is 24.3 Å². The van der Waals surface area contributed by atoms with Gasteiger partial charge in [-0.15, -0.1) is 11.3 Å². The monoisotopic (exact) mass is 300 g/mol. The zero-order valence-corrected chi connectivity index (χ0v) is 13.3. The van der Waals surface area contributed by atoms with E-state index in [1.807, 2.05) is 18.2 Å². The zero-order valence-electron chi connectivity index (χ0n) is 12.5. The molecule has 0 bridgehead atoms. The van der Waals surface area contributed by atoms with Crippen LogP contribution >= 0.6 is 11.3 Å². The molecular formula is C17H20N2OS. The van der Waals surface area contributed by atoms with Gasteiger partial charge in [0.1, 0.15) is 18.4 Å². The molecule has 110 valence electrons. The molecule has 0 atom stereocenters. The Bertz CT molecular complexity index is 587. The zero-order chi connectivity index (χ0) is 15.1. The SMILES string of the molecule is CC(C)N(CCOc1ccccc1C#N)Cc1cccs1. The predicted octanol–water partition coefficient (Wildman–Crippen LogP) is 3.91. The maximum atomic E-state index is 9.05. The fraction of sp³-hybridized carbons (Fsp3) is 0.353. The Morgan fingerprint density at radius 2 is 2.05 bits per heavy atom. The van der Waals surface area contributed by atoms with Crippen molar-refractivity contribution in [3.63, 3.8) is 0 Å². The molecule has 0 aliphatic heterocycles. The molecule has 0 amide bonds. The van der Waals surface area contributed by atoms with Gasteiger partial charge in [-0.3, -0.25) is 4.90 Å². The van der Waals surface area contributed by atoms with E-state index in [2.05, 4.69) is 42.3 Å². The van der Waals surface area contributed by atoms with E-state index in [9.17, 15) is 0 Å². The number of rotatable bonds is 7. The molecule has 0 fully saturated rings. The van der Waals surface area contributed by atoms with Gasteiger partial charge >= 0.3 is 0 Å². The molecule has 0 unspecified atom stereocenters. The maximum absolute atomic E-state index is 9.05. The highest BCUT2D eigenvalue weighted by atomic mass is 32.1. The van der Waals surface area contributed by atoms with Crippen molar-refractivity contribution in [2.45, 2.75) is 26.4 Å². The van der Waals surface area contributed by atoms with Gasteiger partial charge in [0.05, 0.1) is 5.56 Å². The van der Waals surface area contributed by atoms with Crippen molar-refractivity contribution in [3.05, 3.63) is 52.2 Å². The summed E-state index contributed by atoms with van der Waals surface area (Å²) in [4.78, 5) is 3.74. The molecular weight excluding hydrogens is 280 g/mol. The Morgan fingerprint density at radius 1 is 1.24 bits per heavy atom. The highest BCUT2D eigenvalue weighted by Gasteiger charge is 2.11. The Morgan fingerprint density at radius 3 is 2.71 bits per heavy atom. The molecule has 4 heteroatoms. The van der Waals surface area contributed by atoms with Crippen LogP contribution in [0.3, 0.4) is 0 Å². The first-order valence-corrected chi connectivity index (χ1v) is 7.97. The minimum atomic E-state index is 0.460. The largest absolute Gasteiger partial charge is 0.491 e. The number of ether oxygens (including phenoxy) is 1. The molecule has 0 aliphatic rings. The first-order valence-electron chi connectivity index (χ1n) is 7.09. The molecule has 3 nitrogen and oxygen atoms in total. The Hall–Kier alpha value is -1.83. The van der Waals surface area contributed by atoms with Crippen LogP contribution < -0.4 is 4.74 Å². The van der Waals surface area contributed by atoms with Crippen LogP contribution in [0.4, 0.5) is 0 Å². The van der Waals surface area contributed by atoms with E-state index in [1.165, 1.54) is 4.88 Å². The van der Waals surface area contributed by atoms with Crippen molar-refractivity contribution in [2.75, 3.05) is 13.2 Å². The summed E-state index contributed by atoms with van der Waals surface area (Å²) in [6.45, 7) is 6.75. The Kier molecular flexibility index (Phi) is 5.79. The lowest BCUT2D eigenvalue weighted by molar-refractivity contribution is 0.170. The summed E-state index contributed by atoms with van der Waals surface area (Å²) in [5.74, 6) is 0.667. The summed E-state index contributed by atoms with van der Waals surface area (Å²) in [6, 6.07) is 14.2. The number of thiophene rings is 1. The normalized spacial score (nSPS) is 10.8. The number of nitrogens with zero attached hydrogens (tertiary/aromatic N) is 2. The van der Waals surface area contributed by atoms with Crippen LogP contribution in [0.5, 0.6) is 5.75 Å². The first kappa shape index (κ1) is 15.6. The highest BCUT2D eigenvalue weighted by molar-refractivity contribution is 7.09. The van der Waals surface area contributed by atoms with Gasteiger partial charge in [-0.05, 0) is 37.4 Å². The summed E-state index contributed by atoms with van der Waals surface area (Å²) in [5, 5.41) is 11.2. The van der Waals surface area contributed by atoms with Gasteiger partial charge in [-0.25, -0.2) is 0 Å². The Balaban J connectivity index is 1.89. The van der Waals surface area contributed by atoms with Crippen molar-refractivity contribution >= 4 is 11.3 Å². The number of hydrogen-bond acceptors (Lipinski definition) is 4. The third-order valence-electron chi connectivity index (χ3n) is 3.31. The second-order valence-electron chi connectivity index (χ2n) is 5.10. The van der Waals surface area contributed by atoms with E-state index in [-0.39, 0.29) is 0 Å². The summed E-state index contributed by atoms with van der Waals surface area (Å²) >= 11 is 1.78. The van der Waals surface area contributed by atoms with Crippen molar-refractivity contribution < 1.29 is 4.74 Å². The van der Waals surface area contributed by atoms with Crippen LogP contribution in [0, 0.1) is 11.3 Å². The number of nitriles is 1. The van der Waals surface area contributed by atoms with Gasteiger partial charge in [-0.2, -0.15) is 5.26 Å². The number of benzene rings is 1. The maximum Gasteiger partial charge on any atom is 0.137 e. The lowest BCUT2D eigenvalue weighted by Crippen LogP contribution is -2.33. The van der Waals surface area contributed by atoms with Gasteiger partial charge < -0.3 is 4.74 Å². The molecule has 0 aliphatic carbocycles. The second kappa shape index (κ2) is 7.82. The predicted molar refractivity (Wildman–Crippen MR) is 86.5 cm³/mol. The average molecular weight is 300 g/mol. The topological polar surface area (TPSA) is 36.3 Å². The lowest BCUT2D eigenvalue weighted by Gasteiger charge is -2.25. The van der Waals surface area contributed by atoms with Crippen molar-refractivity contribution in [1.82, 2.24) is 4.90 Å². The molecule has 0 saturated heterocycles. The molecule has 1 aromatic heterocycles. The molecule has 0 spiro atoms. The van der Waals surface area contributed by atoms with E-state index in [1.54, 1.807) is 17.4 Å². The third-order valence-corrected chi connectivity index (χ3v) is 4.17. The fourth-order valence-corrected chi connectivity index (χ4v) is 2.81. The van der Waals surface area contributed by atoms with Gasteiger partial charge in [0, 0.05) is 24.0 Å². The smallest absolute Gasteiger partial charge is 0.137 e. The summed E-state index contributed by atoms with van der Waals surface area (Å²) in [5.41, 5.74) is 0.590. The molecule has 21 heavy (non-hydrogen) atoms. The summed E-state index contributed by atoms with van der Waals surface area (Å²) in [6.07, 6.45) is 0. The summed E-state index contributed by atoms with van der Waals surface area (Å²) in [7, 11) is 0. The standard InChI is InChI=1S/C17H20N2OS/c1-14(2)19(13-16-7-5-11-21-16)9-10-20-17-8-4-3-6-15(17)12-18/h3-8,11,14H,9-10,13H2,1-2H3. The van der Waals surface area contributed by atoms with E-state index >= 15 is 0 Å². The van der Waals surface area contributed by atoms with E-state index in [4.69, 9.17) is 10.00 Å². The minimum Gasteiger partial charge on any atom is -0.491 e. The van der Waals surface area contributed by atoms with E-state index in [0.717, 1.165) is 13.1 Å². The molecule has 0 saturated carbocycles. The third kappa shape index (κ3) is 4.59. The minimum absolute atomic E-state index is 0.460. The lowest BCUT2D eigenvalue weighted by atomic mass is 10.2. The van der Waals surface area contributed by atoms with Crippen LogP contribution in [-0.2, 0) is 6.54 Å². The van der Waals surface area contributed by atoms with E-state index in [0.29, 0.717) is 24.0 Å². The van der Waals surface area contributed by atoms with Crippen molar-refractivity contribution in [1.29, 1.82) is 5.26 Å². The molecule has 0 N–H and O–H groups in total. The van der Waals surface area contributed by atoms with Gasteiger partial charge in [0.25, 0.3) is 0 Å². The van der Waals surface area contributed by atoms with Crippen molar-refractivity contribution in [3.8, 4) is 11.8 Å². The number of para-hydroxylation sites is 1.